The van der Waals surface area contributed by atoms with Crippen LogP contribution in [0, 0.1) is 0 Å². The first-order valence-corrected chi connectivity index (χ1v) is 3.62. The maximum Gasteiger partial charge on any atom is 0.152 e. The van der Waals surface area contributed by atoms with Gasteiger partial charge in [0, 0.05) is 0 Å². The second kappa shape index (κ2) is 3.97. The summed E-state index contributed by atoms with van der Waals surface area (Å²) in [5.74, 6) is 0.0394. The van der Waals surface area contributed by atoms with Crippen LogP contribution in [-0.2, 0) is 11.1 Å². The van der Waals surface area contributed by atoms with E-state index in [9.17, 15) is 8.60 Å². The molecule has 0 amide bonds. The number of alkyl halides is 1. The summed E-state index contributed by atoms with van der Waals surface area (Å²) in [5.41, 5.74) is 0. The molecule has 0 rings (SSSR count). The molecule has 0 aliphatic heterocycles. The topological polar surface area (TPSA) is 37.3 Å². The lowest BCUT2D eigenvalue weighted by Gasteiger charge is -1.94. The molecule has 0 saturated carbocycles. The van der Waals surface area contributed by atoms with Gasteiger partial charge in [-0.3, -0.25) is 0 Å². The lowest BCUT2D eigenvalue weighted by atomic mass is 10.3. The minimum absolute atomic E-state index is 0.0394. The molecule has 0 heterocycles. The molecule has 0 aromatic heterocycles. The Balaban J connectivity index is 3.05. The monoisotopic (exact) mass is 140 g/mol. The molecular formula is C4H9FO2S. The summed E-state index contributed by atoms with van der Waals surface area (Å²) in [4.78, 5) is 0. The molecule has 0 radical (unpaired) electrons. The van der Waals surface area contributed by atoms with Gasteiger partial charge in [0.15, 0.2) is 11.1 Å². The molecule has 8 heavy (non-hydrogen) atoms. The highest BCUT2D eigenvalue weighted by Gasteiger charge is 1.99. The van der Waals surface area contributed by atoms with Gasteiger partial charge in [-0.25, -0.2) is 8.60 Å². The van der Waals surface area contributed by atoms with Crippen LogP contribution in [0.3, 0.4) is 0 Å². The molecule has 0 aliphatic carbocycles. The summed E-state index contributed by atoms with van der Waals surface area (Å²) in [7, 11) is 0. The number of halogens is 1. The van der Waals surface area contributed by atoms with E-state index >= 15 is 0 Å². The van der Waals surface area contributed by atoms with Gasteiger partial charge in [0.25, 0.3) is 0 Å². The third-order valence-corrected chi connectivity index (χ3v) is 1.28. The summed E-state index contributed by atoms with van der Waals surface area (Å²) >= 11 is -1.83. The van der Waals surface area contributed by atoms with Gasteiger partial charge in [0.05, 0.1) is 11.9 Å². The highest BCUT2D eigenvalue weighted by Crippen LogP contribution is 1.95. The van der Waals surface area contributed by atoms with Crippen LogP contribution in [0.1, 0.15) is 13.3 Å². The maximum atomic E-state index is 11.8. The van der Waals surface area contributed by atoms with E-state index in [2.05, 4.69) is 0 Å². The molecule has 0 saturated heterocycles. The minimum atomic E-state index is -1.83. The summed E-state index contributed by atoms with van der Waals surface area (Å²) < 4.78 is 29.8. The predicted octanol–water partition coefficient (Wildman–Crippen LogP) is 0.956. The van der Waals surface area contributed by atoms with Crippen LogP contribution in [0.2, 0.25) is 0 Å². The summed E-state index contributed by atoms with van der Waals surface area (Å²) in [5, 5.41) is 0. The molecule has 0 spiro atoms. The molecule has 0 aromatic rings. The Morgan fingerprint density at radius 2 is 2.38 bits per heavy atom. The van der Waals surface area contributed by atoms with Crippen LogP contribution < -0.4 is 0 Å². The first kappa shape index (κ1) is 8.04. The Hall–Kier alpha value is 0.0400. The molecule has 2 atom stereocenters. The van der Waals surface area contributed by atoms with Gasteiger partial charge in [-0.2, -0.15) is 0 Å². The Bertz CT molecular complexity index is 84.1. The Labute approximate surface area is 50.4 Å². The molecule has 0 aromatic carbocycles. The summed E-state index contributed by atoms with van der Waals surface area (Å²) in [6.07, 6.45) is -0.797. The van der Waals surface area contributed by atoms with E-state index in [0.717, 1.165) is 0 Å². The van der Waals surface area contributed by atoms with Crippen molar-refractivity contribution < 1.29 is 13.2 Å². The van der Waals surface area contributed by atoms with Crippen molar-refractivity contribution in [1.82, 2.24) is 0 Å². The Morgan fingerprint density at radius 1 is 1.88 bits per heavy atom. The lowest BCUT2D eigenvalue weighted by Crippen LogP contribution is -2.01. The molecule has 4 heteroatoms. The van der Waals surface area contributed by atoms with Crippen LogP contribution >= 0.6 is 0 Å². The van der Waals surface area contributed by atoms with Crippen molar-refractivity contribution in [2.24, 2.45) is 0 Å². The number of hydrogen-bond donors (Lipinski definition) is 1. The quantitative estimate of drug-likeness (QED) is 0.593. The highest BCUT2D eigenvalue weighted by molar-refractivity contribution is 7.79. The van der Waals surface area contributed by atoms with Gasteiger partial charge in [-0.1, -0.05) is 0 Å². The van der Waals surface area contributed by atoms with Crippen molar-refractivity contribution in [2.75, 3.05) is 5.75 Å². The lowest BCUT2D eigenvalue weighted by molar-refractivity contribution is 0.352. The predicted molar refractivity (Wildman–Crippen MR) is 30.8 cm³/mol. The zero-order chi connectivity index (χ0) is 6.57. The largest absolute Gasteiger partial charge is 0.306 e. The van der Waals surface area contributed by atoms with E-state index in [-0.39, 0.29) is 12.2 Å². The smallest absolute Gasteiger partial charge is 0.152 e. The van der Waals surface area contributed by atoms with Gasteiger partial charge >= 0.3 is 0 Å². The van der Waals surface area contributed by atoms with Crippen molar-refractivity contribution in [3.63, 3.8) is 0 Å². The van der Waals surface area contributed by atoms with Gasteiger partial charge in [-0.15, -0.1) is 0 Å². The van der Waals surface area contributed by atoms with Crippen LogP contribution in [-0.4, -0.2) is 20.7 Å². The van der Waals surface area contributed by atoms with E-state index < -0.39 is 17.3 Å². The van der Waals surface area contributed by atoms with Gasteiger partial charge in [-0.05, 0) is 13.3 Å². The Kier molecular flexibility index (Phi) is 3.99. The van der Waals surface area contributed by atoms with E-state index in [4.69, 9.17) is 4.55 Å². The van der Waals surface area contributed by atoms with E-state index in [1.54, 1.807) is 0 Å². The van der Waals surface area contributed by atoms with Crippen LogP contribution in [0.15, 0.2) is 0 Å². The highest BCUT2D eigenvalue weighted by atomic mass is 32.2. The van der Waals surface area contributed by atoms with E-state index in [1.807, 2.05) is 0 Å². The second-order valence-corrected chi connectivity index (χ2v) is 2.65. The van der Waals surface area contributed by atoms with E-state index in [0.29, 0.717) is 0 Å². The fraction of sp³-hybridized carbons (Fsp3) is 1.00. The number of hydrogen-bond acceptors (Lipinski definition) is 1. The van der Waals surface area contributed by atoms with Crippen molar-refractivity contribution in [2.45, 2.75) is 19.5 Å². The summed E-state index contributed by atoms with van der Waals surface area (Å²) in [6, 6.07) is 0. The minimum Gasteiger partial charge on any atom is -0.306 e. The van der Waals surface area contributed by atoms with Crippen LogP contribution in [0.5, 0.6) is 0 Å². The fourth-order valence-electron chi connectivity index (χ4n) is 0.263. The zero-order valence-corrected chi connectivity index (χ0v) is 5.45. The molecule has 50 valence electrons. The normalized spacial score (nSPS) is 17.9. The van der Waals surface area contributed by atoms with Crippen molar-refractivity contribution >= 4 is 11.1 Å². The third kappa shape index (κ3) is 6.04. The molecular weight excluding hydrogens is 131 g/mol. The number of rotatable bonds is 3. The molecule has 0 fully saturated rings. The third-order valence-electron chi connectivity index (χ3n) is 0.690. The zero-order valence-electron chi connectivity index (χ0n) is 4.63. The van der Waals surface area contributed by atoms with Crippen LogP contribution in [0.25, 0.3) is 0 Å². The summed E-state index contributed by atoms with van der Waals surface area (Å²) in [6.45, 7) is 1.37. The van der Waals surface area contributed by atoms with E-state index in [1.165, 1.54) is 6.92 Å². The van der Waals surface area contributed by atoms with Crippen LogP contribution in [0.4, 0.5) is 4.39 Å². The second-order valence-electron chi connectivity index (χ2n) is 1.60. The Morgan fingerprint density at radius 3 is 2.50 bits per heavy atom. The molecule has 2 nitrogen and oxygen atoms in total. The van der Waals surface area contributed by atoms with Gasteiger partial charge in [0.2, 0.25) is 0 Å². The van der Waals surface area contributed by atoms with Gasteiger partial charge in [0.1, 0.15) is 0 Å². The van der Waals surface area contributed by atoms with Crippen molar-refractivity contribution in [3.8, 4) is 0 Å². The molecule has 1 N–H and O–H groups in total. The standard InChI is InChI=1S/C4H9FO2S/c1-4(5)2-3-8(6)7/h4H,2-3H2,1H3,(H,6,7). The van der Waals surface area contributed by atoms with Crippen molar-refractivity contribution in [1.29, 1.82) is 0 Å². The molecule has 0 bridgehead atoms. The first-order chi connectivity index (χ1) is 3.63. The average molecular weight is 140 g/mol. The van der Waals surface area contributed by atoms with Crippen molar-refractivity contribution in [3.05, 3.63) is 0 Å². The first-order valence-electron chi connectivity index (χ1n) is 2.34. The maximum absolute atomic E-state index is 11.8. The fourth-order valence-corrected chi connectivity index (χ4v) is 0.790. The molecule has 2 unspecified atom stereocenters. The average Bonchev–Trinajstić information content (AvgIpc) is 1.61. The SMILES string of the molecule is CC(F)CCS(=O)O. The molecule has 0 aliphatic rings. The van der Waals surface area contributed by atoms with Gasteiger partial charge < -0.3 is 4.55 Å².